The number of fused-ring (bicyclic) bond motifs is 1. The Bertz CT molecular complexity index is 662. The van der Waals surface area contributed by atoms with E-state index in [1.807, 2.05) is 0 Å². The minimum atomic E-state index is -3.57. The van der Waals surface area contributed by atoms with Gasteiger partial charge in [-0.2, -0.15) is 0 Å². The van der Waals surface area contributed by atoms with Crippen LogP contribution in [0.1, 0.15) is 6.92 Å². The summed E-state index contributed by atoms with van der Waals surface area (Å²) >= 11 is 0. The molecule has 2 aliphatic heterocycles. The minimum absolute atomic E-state index is 0.0464. The first kappa shape index (κ1) is 15.2. The Morgan fingerprint density at radius 1 is 1.52 bits per heavy atom. The average Bonchev–Trinajstić information content (AvgIpc) is 2.42. The van der Waals surface area contributed by atoms with E-state index in [1.54, 1.807) is 17.2 Å². The number of aliphatic carboxylic acids is 1. The first-order chi connectivity index (χ1) is 9.80. The Kier molecular flexibility index (Phi) is 4.12. The van der Waals surface area contributed by atoms with Crippen LogP contribution >= 0.6 is 0 Å². The molecule has 0 aromatic heterocycles. The van der Waals surface area contributed by atoms with Gasteiger partial charge in [-0.05, 0) is 12.2 Å². The van der Waals surface area contributed by atoms with Gasteiger partial charge in [-0.25, -0.2) is 8.42 Å². The summed E-state index contributed by atoms with van der Waals surface area (Å²) in [6.07, 6.45) is 4.72. The molecule has 0 saturated heterocycles. The molecule has 0 radical (unpaired) electrons. The van der Waals surface area contributed by atoms with Crippen molar-refractivity contribution in [2.75, 3.05) is 18.8 Å². The molecule has 1 amide bonds. The fraction of sp³-hybridized carbons (Fsp3) is 0.417. The highest BCUT2D eigenvalue weighted by Gasteiger charge is 2.30. The highest BCUT2D eigenvalue weighted by Crippen LogP contribution is 2.17. The molecule has 0 aliphatic carbocycles. The Balaban J connectivity index is 2.16. The van der Waals surface area contributed by atoms with E-state index in [1.165, 1.54) is 13.0 Å². The lowest BCUT2D eigenvalue weighted by Crippen LogP contribution is -2.43. The smallest absolute Gasteiger partial charge is 0.308 e. The van der Waals surface area contributed by atoms with Crippen molar-refractivity contribution in [2.45, 2.75) is 6.92 Å². The number of rotatable bonds is 4. The van der Waals surface area contributed by atoms with Gasteiger partial charge in [-0.15, -0.1) is 4.40 Å². The molecule has 21 heavy (non-hydrogen) atoms. The summed E-state index contributed by atoms with van der Waals surface area (Å²) in [7, 11) is -3.57. The minimum Gasteiger partial charge on any atom is -0.481 e. The van der Waals surface area contributed by atoms with Crippen molar-refractivity contribution in [2.24, 2.45) is 10.3 Å². The standard InChI is InChI=1S/C12H15N3O5S/c1-8(12(17)18)7-13-11(16)9-3-2-4-15-5-6-21(19,20)14-10(9)15/h2-4,8H,5-7H2,1H3,(H,13,16)(H,17,18). The lowest BCUT2D eigenvalue weighted by atomic mass is 10.1. The maximum Gasteiger partial charge on any atom is 0.308 e. The molecule has 114 valence electrons. The van der Waals surface area contributed by atoms with Gasteiger partial charge in [-0.1, -0.05) is 6.92 Å². The van der Waals surface area contributed by atoms with Crippen molar-refractivity contribution in [3.05, 3.63) is 23.9 Å². The van der Waals surface area contributed by atoms with Gasteiger partial charge in [0.25, 0.3) is 15.9 Å². The second-order valence-corrected chi connectivity index (χ2v) is 6.52. The van der Waals surface area contributed by atoms with Gasteiger partial charge in [0.1, 0.15) is 0 Å². The third-order valence-corrected chi connectivity index (χ3v) is 4.24. The first-order valence-corrected chi connectivity index (χ1v) is 7.90. The fourth-order valence-corrected chi connectivity index (χ4v) is 2.81. The van der Waals surface area contributed by atoms with E-state index in [2.05, 4.69) is 9.71 Å². The van der Waals surface area contributed by atoms with Crippen molar-refractivity contribution < 1.29 is 23.1 Å². The summed E-state index contributed by atoms with van der Waals surface area (Å²) < 4.78 is 26.7. The Labute approximate surface area is 121 Å². The van der Waals surface area contributed by atoms with Crippen LogP contribution < -0.4 is 5.32 Å². The topological polar surface area (TPSA) is 116 Å². The Hall–Kier alpha value is -2.16. The van der Waals surface area contributed by atoms with E-state index >= 15 is 0 Å². The summed E-state index contributed by atoms with van der Waals surface area (Å²) in [4.78, 5) is 24.4. The van der Waals surface area contributed by atoms with Crippen LogP contribution in [0.25, 0.3) is 0 Å². The summed E-state index contributed by atoms with van der Waals surface area (Å²) in [6.45, 7) is 1.65. The number of hydrogen-bond acceptors (Lipinski definition) is 5. The SMILES string of the molecule is CC(CNC(=O)C1=CC=CN2CCS(=O)(=O)N=C12)C(=O)O. The van der Waals surface area contributed by atoms with E-state index in [0.717, 1.165) is 0 Å². The van der Waals surface area contributed by atoms with E-state index in [4.69, 9.17) is 5.11 Å². The zero-order valence-corrected chi connectivity index (χ0v) is 12.1. The normalized spacial score (nSPS) is 20.9. The largest absolute Gasteiger partial charge is 0.481 e. The van der Waals surface area contributed by atoms with Crippen molar-refractivity contribution >= 4 is 27.7 Å². The number of nitrogens with one attached hydrogen (secondary N) is 1. The van der Waals surface area contributed by atoms with Crippen molar-refractivity contribution in [1.29, 1.82) is 0 Å². The van der Waals surface area contributed by atoms with Crippen LogP contribution in [-0.4, -0.2) is 55.0 Å². The van der Waals surface area contributed by atoms with Crippen LogP contribution in [0.5, 0.6) is 0 Å². The first-order valence-electron chi connectivity index (χ1n) is 6.29. The molecule has 2 N–H and O–H groups in total. The molecule has 9 heteroatoms. The van der Waals surface area contributed by atoms with Gasteiger partial charge >= 0.3 is 5.97 Å². The zero-order valence-electron chi connectivity index (χ0n) is 11.3. The second kappa shape index (κ2) is 5.68. The summed E-state index contributed by atoms with van der Waals surface area (Å²) in [5.74, 6) is -2.34. The van der Waals surface area contributed by atoms with E-state index in [-0.39, 0.29) is 30.3 Å². The van der Waals surface area contributed by atoms with E-state index in [9.17, 15) is 18.0 Å². The fourth-order valence-electron chi connectivity index (χ4n) is 1.82. The monoisotopic (exact) mass is 313 g/mol. The zero-order chi connectivity index (χ0) is 15.6. The maximum atomic E-state index is 12.1. The van der Waals surface area contributed by atoms with Gasteiger partial charge in [-0.3, -0.25) is 9.59 Å². The number of carbonyl (C=O) groups is 2. The molecule has 8 nitrogen and oxygen atoms in total. The van der Waals surface area contributed by atoms with Crippen LogP contribution in [0, 0.1) is 5.92 Å². The molecule has 1 atom stereocenters. The van der Waals surface area contributed by atoms with Crippen LogP contribution in [0.3, 0.4) is 0 Å². The number of hydrogen-bond donors (Lipinski definition) is 2. The lowest BCUT2D eigenvalue weighted by molar-refractivity contribution is -0.141. The quantitative estimate of drug-likeness (QED) is 0.710. The number of carbonyl (C=O) groups excluding carboxylic acids is 1. The molecular weight excluding hydrogens is 298 g/mol. The highest BCUT2D eigenvalue weighted by atomic mass is 32.2. The predicted octanol–water partition coefficient (Wildman–Crippen LogP) is -0.679. The Morgan fingerprint density at radius 2 is 2.24 bits per heavy atom. The Morgan fingerprint density at radius 3 is 2.90 bits per heavy atom. The number of sulfonamides is 1. The number of carboxylic acid groups (broad SMARTS) is 1. The number of carboxylic acids is 1. The van der Waals surface area contributed by atoms with Crippen molar-refractivity contribution in [1.82, 2.24) is 10.2 Å². The molecule has 0 saturated carbocycles. The second-order valence-electron chi connectivity index (χ2n) is 4.77. The van der Waals surface area contributed by atoms with E-state index in [0.29, 0.717) is 0 Å². The van der Waals surface area contributed by atoms with Crippen LogP contribution in [0.15, 0.2) is 28.3 Å². The van der Waals surface area contributed by atoms with Crippen molar-refractivity contribution in [3.8, 4) is 0 Å². The summed E-state index contributed by atoms with van der Waals surface area (Å²) in [6, 6.07) is 0. The van der Waals surface area contributed by atoms with E-state index < -0.39 is 27.8 Å². The third kappa shape index (κ3) is 3.48. The van der Waals surface area contributed by atoms with Gasteiger partial charge in [0.2, 0.25) is 0 Å². The summed E-state index contributed by atoms with van der Waals surface area (Å²) in [5, 5.41) is 11.2. The molecular formula is C12H15N3O5S. The molecule has 0 aromatic rings. The molecule has 0 aromatic carbocycles. The van der Waals surface area contributed by atoms with Gasteiger partial charge in [0, 0.05) is 19.3 Å². The molecule has 2 heterocycles. The molecule has 2 rings (SSSR count). The van der Waals surface area contributed by atoms with Gasteiger partial charge in [0.05, 0.1) is 17.2 Å². The third-order valence-electron chi connectivity index (χ3n) is 3.09. The summed E-state index contributed by atoms with van der Waals surface area (Å²) in [5.41, 5.74) is 0.110. The number of amidine groups is 1. The van der Waals surface area contributed by atoms with Crippen LogP contribution in [-0.2, 0) is 19.6 Å². The average molecular weight is 313 g/mol. The van der Waals surface area contributed by atoms with Crippen LogP contribution in [0.4, 0.5) is 0 Å². The predicted molar refractivity (Wildman–Crippen MR) is 75.0 cm³/mol. The molecule has 0 bridgehead atoms. The molecule has 2 aliphatic rings. The lowest BCUT2D eigenvalue weighted by Gasteiger charge is -2.28. The number of amides is 1. The van der Waals surface area contributed by atoms with Gasteiger partial charge < -0.3 is 15.3 Å². The van der Waals surface area contributed by atoms with Crippen LogP contribution in [0.2, 0.25) is 0 Å². The molecule has 0 fully saturated rings. The maximum absolute atomic E-state index is 12.1. The number of allylic oxidation sites excluding steroid dienone is 2. The highest BCUT2D eigenvalue weighted by molar-refractivity contribution is 7.90. The molecule has 1 unspecified atom stereocenters. The number of nitrogens with zero attached hydrogens (tertiary/aromatic N) is 2. The van der Waals surface area contributed by atoms with Gasteiger partial charge in [0.15, 0.2) is 5.84 Å². The van der Waals surface area contributed by atoms with Crippen molar-refractivity contribution in [3.63, 3.8) is 0 Å². The molecule has 0 spiro atoms.